The molecule has 8 heteroatoms. The maximum absolute atomic E-state index is 11.8. The minimum atomic E-state index is -0.172. The minimum absolute atomic E-state index is 0.172. The van der Waals surface area contributed by atoms with Crippen LogP contribution in [0.3, 0.4) is 0 Å². The van der Waals surface area contributed by atoms with Crippen molar-refractivity contribution in [2.24, 2.45) is 0 Å². The largest absolute Gasteiger partial charge is 0.427 e. The number of aromatic nitrogens is 3. The van der Waals surface area contributed by atoms with Crippen LogP contribution in [0.4, 0.5) is 0 Å². The van der Waals surface area contributed by atoms with Crippen molar-refractivity contribution in [3.05, 3.63) is 54.4 Å². The van der Waals surface area contributed by atoms with Crippen LogP contribution < -0.4 is 5.32 Å². The summed E-state index contributed by atoms with van der Waals surface area (Å²) in [7, 11) is 0. The molecule has 2 aromatic heterocycles. The van der Waals surface area contributed by atoms with E-state index in [1.807, 2.05) is 43.5 Å². The predicted molar refractivity (Wildman–Crippen MR) is 103 cm³/mol. The maximum Gasteiger partial charge on any atom is 0.290 e. The van der Waals surface area contributed by atoms with Crippen molar-refractivity contribution in [2.45, 2.75) is 37.5 Å². The molecular weight excluding hydrogens is 364 g/mol. The summed E-state index contributed by atoms with van der Waals surface area (Å²) >= 11 is 1.69. The van der Waals surface area contributed by atoms with E-state index in [1.165, 1.54) is 12.8 Å². The van der Waals surface area contributed by atoms with Crippen molar-refractivity contribution in [1.29, 1.82) is 0 Å². The average Bonchev–Trinajstić information content (AvgIpc) is 3.37. The van der Waals surface area contributed by atoms with Gasteiger partial charge >= 0.3 is 0 Å². The first-order chi connectivity index (χ1) is 13.2. The van der Waals surface area contributed by atoms with Crippen LogP contribution in [0.2, 0.25) is 0 Å². The van der Waals surface area contributed by atoms with Gasteiger partial charge in [-0.05, 0) is 32.4 Å². The molecule has 2 heterocycles. The molecule has 1 saturated carbocycles. The van der Waals surface area contributed by atoms with Gasteiger partial charge in [-0.2, -0.15) is 11.8 Å². The standard InChI is InChI=1S/C14H14N2O2.C5H8N2OS/c17-14(15-11-7-4-8-11)13-9-12(16-18-13)10-5-2-1-3-6-10;1-4(9-2)5-7-6-3-8-5/h1-3,5-6,9,11H,4,7-8H2,(H,15,17);3-4H,1-2H3. The first kappa shape index (κ1) is 19.2. The molecule has 0 bridgehead atoms. The quantitative estimate of drug-likeness (QED) is 0.705. The van der Waals surface area contributed by atoms with Crippen molar-refractivity contribution in [3.8, 4) is 11.3 Å². The number of thioether (sulfide) groups is 1. The minimum Gasteiger partial charge on any atom is -0.427 e. The Kier molecular flexibility index (Phi) is 6.64. The summed E-state index contributed by atoms with van der Waals surface area (Å²) < 4.78 is 10.0. The number of amides is 1. The lowest BCUT2D eigenvalue weighted by Gasteiger charge is -2.25. The van der Waals surface area contributed by atoms with E-state index >= 15 is 0 Å². The van der Waals surface area contributed by atoms with E-state index < -0.39 is 0 Å². The predicted octanol–water partition coefficient (Wildman–Crippen LogP) is 4.12. The molecule has 7 nitrogen and oxygen atoms in total. The molecule has 1 amide bonds. The smallest absolute Gasteiger partial charge is 0.290 e. The summed E-state index contributed by atoms with van der Waals surface area (Å²) in [6, 6.07) is 11.7. The Labute approximate surface area is 161 Å². The van der Waals surface area contributed by atoms with E-state index in [-0.39, 0.29) is 11.7 Å². The summed E-state index contributed by atoms with van der Waals surface area (Å²) in [4.78, 5) is 11.8. The first-order valence-corrected chi connectivity index (χ1v) is 10.1. The zero-order valence-corrected chi connectivity index (χ0v) is 16.1. The number of carbonyl (C=O) groups is 1. The highest BCUT2D eigenvalue weighted by Gasteiger charge is 2.22. The third-order valence-electron chi connectivity index (χ3n) is 4.32. The monoisotopic (exact) mass is 386 g/mol. The Hall–Kier alpha value is -2.61. The molecular formula is C19H22N4O3S. The Bertz CT molecular complexity index is 832. The number of rotatable bonds is 5. The van der Waals surface area contributed by atoms with Gasteiger partial charge in [-0.25, -0.2) is 0 Å². The molecule has 142 valence electrons. The molecule has 0 aliphatic heterocycles. The molecule has 27 heavy (non-hydrogen) atoms. The highest BCUT2D eigenvalue weighted by molar-refractivity contribution is 7.98. The zero-order valence-electron chi connectivity index (χ0n) is 15.3. The second-order valence-corrected chi connectivity index (χ2v) is 7.38. The number of carbonyl (C=O) groups excluding carboxylic acids is 1. The van der Waals surface area contributed by atoms with Crippen LogP contribution in [-0.4, -0.2) is 33.6 Å². The lowest BCUT2D eigenvalue weighted by molar-refractivity contribution is 0.0879. The number of nitrogens with zero attached hydrogens (tertiary/aromatic N) is 3. The normalized spacial score (nSPS) is 14.6. The van der Waals surface area contributed by atoms with E-state index in [0.717, 1.165) is 18.4 Å². The second kappa shape index (κ2) is 9.36. The van der Waals surface area contributed by atoms with Crippen LogP contribution in [0.25, 0.3) is 11.3 Å². The SMILES string of the molecule is CSC(C)c1nnco1.O=C(NC1CCC1)c1cc(-c2ccccc2)no1. The fraction of sp³-hybridized carbons (Fsp3) is 0.368. The van der Waals surface area contributed by atoms with Gasteiger partial charge in [0.25, 0.3) is 5.91 Å². The molecule has 1 aliphatic rings. The molecule has 1 N–H and O–H groups in total. The lowest BCUT2D eigenvalue weighted by Crippen LogP contribution is -2.39. The highest BCUT2D eigenvalue weighted by atomic mass is 32.2. The molecule has 1 atom stereocenters. The molecule has 0 radical (unpaired) electrons. The molecule has 0 spiro atoms. The van der Waals surface area contributed by atoms with E-state index in [4.69, 9.17) is 8.94 Å². The van der Waals surface area contributed by atoms with Gasteiger partial charge in [0.2, 0.25) is 18.0 Å². The van der Waals surface area contributed by atoms with Gasteiger partial charge in [0.1, 0.15) is 5.69 Å². The lowest BCUT2D eigenvalue weighted by atomic mass is 9.93. The van der Waals surface area contributed by atoms with Gasteiger partial charge in [-0.15, -0.1) is 10.2 Å². The van der Waals surface area contributed by atoms with Crippen LogP contribution in [0.15, 0.2) is 51.7 Å². The zero-order chi connectivity index (χ0) is 19.1. The summed E-state index contributed by atoms with van der Waals surface area (Å²) in [6.07, 6.45) is 6.67. The molecule has 0 saturated heterocycles. The van der Waals surface area contributed by atoms with E-state index in [0.29, 0.717) is 22.9 Å². The highest BCUT2D eigenvalue weighted by Crippen LogP contribution is 2.22. The van der Waals surface area contributed by atoms with Gasteiger partial charge in [0.15, 0.2) is 0 Å². The molecule has 1 aliphatic carbocycles. The third-order valence-corrected chi connectivity index (χ3v) is 5.23. The molecule has 4 rings (SSSR count). The average molecular weight is 386 g/mol. The number of hydrogen-bond acceptors (Lipinski definition) is 7. The van der Waals surface area contributed by atoms with E-state index in [2.05, 4.69) is 20.7 Å². The van der Waals surface area contributed by atoms with Gasteiger partial charge in [-0.1, -0.05) is 35.5 Å². The molecule has 1 fully saturated rings. The van der Waals surface area contributed by atoms with Crippen LogP contribution in [-0.2, 0) is 0 Å². The Morgan fingerprint density at radius 1 is 1.30 bits per heavy atom. The fourth-order valence-electron chi connectivity index (χ4n) is 2.40. The number of benzene rings is 1. The molecule has 1 aromatic carbocycles. The van der Waals surface area contributed by atoms with Crippen LogP contribution in [0.5, 0.6) is 0 Å². The van der Waals surface area contributed by atoms with Crippen molar-refractivity contribution < 1.29 is 13.7 Å². The van der Waals surface area contributed by atoms with Gasteiger partial charge in [0.05, 0.1) is 5.25 Å². The fourth-order valence-corrected chi connectivity index (χ4v) is 2.70. The summed E-state index contributed by atoms with van der Waals surface area (Å²) in [5.41, 5.74) is 1.64. The van der Waals surface area contributed by atoms with Crippen molar-refractivity contribution >= 4 is 17.7 Å². The van der Waals surface area contributed by atoms with Gasteiger partial charge in [-0.3, -0.25) is 4.79 Å². The molecule has 1 unspecified atom stereocenters. The Balaban J connectivity index is 0.000000197. The van der Waals surface area contributed by atoms with Crippen molar-refractivity contribution in [2.75, 3.05) is 6.26 Å². The summed E-state index contributed by atoms with van der Waals surface area (Å²) in [6.45, 7) is 2.03. The van der Waals surface area contributed by atoms with Gasteiger partial charge < -0.3 is 14.3 Å². The van der Waals surface area contributed by atoms with Gasteiger partial charge in [0, 0.05) is 17.7 Å². The topological polar surface area (TPSA) is 94.0 Å². The third kappa shape index (κ3) is 5.19. The number of hydrogen-bond donors (Lipinski definition) is 1. The van der Waals surface area contributed by atoms with Crippen molar-refractivity contribution in [3.63, 3.8) is 0 Å². The second-order valence-electron chi connectivity index (χ2n) is 6.20. The van der Waals surface area contributed by atoms with Crippen LogP contribution in [0, 0.1) is 0 Å². The van der Waals surface area contributed by atoms with Crippen LogP contribution >= 0.6 is 11.8 Å². The van der Waals surface area contributed by atoms with Crippen LogP contribution in [0.1, 0.15) is 47.9 Å². The maximum atomic E-state index is 11.8. The van der Waals surface area contributed by atoms with E-state index in [9.17, 15) is 4.79 Å². The van der Waals surface area contributed by atoms with E-state index in [1.54, 1.807) is 17.8 Å². The number of nitrogens with one attached hydrogen (secondary N) is 1. The first-order valence-electron chi connectivity index (χ1n) is 8.79. The summed E-state index contributed by atoms with van der Waals surface area (Å²) in [5.74, 6) is 0.803. The summed E-state index contributed by atoms with van der Waals surface area (Å²) in [5, 5.41) is 14.5. The Morgan fingerprint density at radius 3 is 2.67 bits per heavy atom. The van der Waals surface area contributed by atoms with Crippen molar-refractivity contribution in [1.82, 2.24) is 20.7 Å². The molecule has 3 aromatic rings. The Morgan fingerprint density at radius 2 is 2.07 bits per heavy atom.